The minimum Gasteiger partial charge on any atom is -0.324 e. The Morgan fingerprint density at radius 2 is 1.71 bits per heavy atom. The van der Waals surface area contributed by atoms with Crippen molar-refractivity contribution >= 4 is 81.5 Å². The van der Waals surface area contributed by atoms with Crippen LogP contribution in [0.1, 0.15) is 15.9 Å². The summed E-state index contributed by atoms with van der Waals surface area (Å²) in [6, 6.07) is 22.5. The third kappa shape index (κ3) is 7.97. The molecule has 4 rings (SSSR count). The molecule has 0 atom stereocenters. The van der Waals surface area contributed by atoms with Gasteiger partial charge in [0.05, 0.1) is 16.5 Å². The van der Waals surface area contributed by atoms with Crippen LogP contribution < -0.4 is 16.0 Å². The van der Waals surface area contributed by atoms with Crippen LogP contribution in [0.25, 0.3) is 6.08 Å². The Morgan fingerprint density at radius 3 is 2.45 bits per heavy atom. The summed E-state index contributed by atoms with van der Waals surface area (Å²) in [5.41, 5.74) is 2.34. The highest BCUT2D eigenvalue weighted by molar-refractivity contribution is 8.00. The number of anilines is 2. The minimum atomic E-state index is -0.474. The molecule has 38 heavy (non-hydrogen) atoms. The van der Waals surface area contributed by atoms with E-state index in [4.69, 9.17) is 23.2 Å². The van der Waals surface area contributed by atoms with E-state index in [0.717, 1.165) is 10.5 Å². The van der Waals surface area contributed by atoms with E-state index in [2.05, 4.69) is 16.0 Å². The number of benzene rings is 3. The number of hydrogen-bond donors (Lipinski definition) is 3. The van der Waals surface area contributed by atoms with E-state index in [9.17, 15) is 14.4 Å². The fourth-order valence-electron chi connectivity index (χ4n) is 3.25. The lowest BCUT2D eigenvalue weighted by Gasteiger charge is -2.12. The highest BCUT2D eigenvalue weighted by Gasteiger charge is 2.16. The lowest BCUT2D eigenvalue weighted by Crippen LogP contribution is -2.30. The van der Waals surface area contributed by atoms with Crippen LogP contribution >= 0.6 is 46.3 Å². The van der Waals surface area contributed by atoms with Crippen LogP contribution in [-0.2, 0) is 9.59 Å². The zero-order valence-electron chi connectivity index (χ0n) is 19.7. The van der Waals surface area contributed by atoms with Gasteiger partial charge in [-0.25, -0.2) is 0 Å². The summed E-state index contributed by atoms with van der Waals surface area (Å²) in [5.74, 6) is -0.971. The average Bonchev–Trinajstić information content (AvgIpc) is 3.43. The van der Waals surface area contributed by atoms with Gasteiger partial charge in [0.2, 0.25) is 5.91 Å². The number of thioether (sulfide) groups is 1. The van der Waals surface area contributed by atoms with Crippen molar-refractivity contribution in [1.82, 2.24) is 5.32 Å². The summed E-state index contributed by atoms with van der Waals surface area (Å²) in [6.45, 7) is 0. The molecule has 10 heteroatoms. The highest BCUT2D eigenvalue weighted by atomic mass is 35.5. The van der Waals surface area contributed by atoms with Gasteiger partial charge in [-0.2, -0.15) is 11.3 Å². The van der Waals surface area contributed by atoms with Crippen molar-refractivity contribution < 1.29 is 14.4 Å². The molecule has 0 spiro atoms. The maximum absolute atomic E-state index is 13.2. The number of halogens is 2. The molecule has 0 aliphatic carbocycles. The van der Waals surface area contributed by atoms with E-state index in [1.54, 1.807) is 66.7 Å². The molecule has 0 saturated heterocycles. The third-order valence-corrected chi connectivity index (χ3v) is 7.29. The molecule has 3 aromatic carbocycles. The predicted molar refractivity (Wildman–Crippen MR) is 157 cm³/mol. The van der Waals surface area contributed by atoms with Crippen molar-refractivity contribution in [2.45, 2.75) is 4.90 Å². The lowest BCUT2D eigenvalue weighted by atomic mass is 10.2. The molecular formula is C28H21Cl2N3O3S2. The van der Waals surface area contributed by atoms with E-state index < -0.39 is 11.8 Å². The van der Waals surface area contributed by atoms with E-state index in [1.165, 1.54) is 23.1 Å². The van der Waals surface area contributed by atoms with Gasteiger partial charge in [-0.15, -0.1) is 11.8 Å². The van der Waals surface area contributed by atoms with Crippen molar-refractivity contribution in [2.75, 3.05) is 16.4 Å². The van der Waals surface area contributed by atoms with Crippen molar-refractivity contribution in [2.24, 2.45) is 0 Å². The highest BCUT2D eigenvalue weighted by Crippen LogP contribution is 2.27. The minimum absolute atomic E-state index is 0.106. The summed E-state index contributed by atoms with van der Waals surface area (Å²) < 4.78 is 0. The molecule has 6 nitrogen and oxygen atoms in total. The standard InChI is InChI=1S/C28H21Cl2N3O3S2/c29-20-9-10-24(23(30)14-20)32-26(34)17-38-22-8-4-7-21(15-22)31-28(36)25(13-18-11-12-37-16-18)33-27(35)19-5-2-1-3-6-19/h1-16H,17H2,(H,31,36)(H,32,34)(H,33,35)/b25-13-. The summed E-state index contributed by atoms with van der Waals surface area (Å²) >= 11 is 14.8. The van der Waals surface area contributed by atoms with E-state index in [-0.39, 0.29) is 17.4 Å². The molecule has 0 fully saturated rings. The second kappa shape index (κ2) is 13.3. The SMILES string of the molecule is O=C(CSc1cccc(NC(=O)/C(=C/c2ccsc2)NC(=O)c2ccccc2)c1)Nc1ccc(Cl)cc1Cl. The number of rotatable bonds is 9. The molecule has 0 unspecified atom stereocenters. The number of hydrogen-bond acceptors (Lipinski definition) is 5. The maximum Gasteiger partial charge on any atom is 0.272 e. The summed E-state index contributed by atoms with van der Waals surface area (Å²) in [7, 11) is 0. The maximum atomic E-state index is 13.2. The number of amides is 3. The van der Waals surface area contributed by atoms with Crippen molar-refractivity contribution in [3.8, 4) is 0 Å². The van der Waals surface area contributed by atoms with Crippen LogP contribution in [-0.4, -0.2) is 23.5 Å². The molecule has 0 radical (unpaired) electrons. The van der Waals surface area contributed by atoms with Gasteiger partial charge in [-0.05, 0) is 77.0 Å². The van der Waals surface area contributed by atoms with Crippen LogP contribution in [0.15, 0.2) is 100 Å². The van der Waals surface area contributed by atoms with Crippen LogP contribution in [0.4, 0.5) is 11.4 Å². The second-order valence-corrected chi connectivity index (χ2v) is 10.6. The van der Waals surface area contributed by atoms with Crippen LogP contribution in [0, 0.1) is 0 Å². The number of carbonyl (C=O) groups excluding carboxylic acids is 3. The van der Waals surface area contributed by atoms with Gasteiger partial charge in [0, 0.05) is 21.2 Å². The molecule has 1 heterocycles. The topological polar surface area (TPSA) is 87.3 Å². The van der Waals surface area contributed by atoms with Gasteiger partial charge in [-0.3, -0.25) is 14.4 Å². The summed E-state index contributed by atoms with van der Waals surface area (Å²) in [4.78, 5) is 39.1. The largest absolute Gasteiger partial charge is 0.324 e. The van der Waals surface area contributed by atoms with Gasteiger partial charge in [0.1, 0.15) is 5.70 Å². The Hall–Kier alpha value is -3.56. The Kier molecular flexibility index (Phi) is 9.62. The van der Waals surface area contributed by atoms with Crippen LogP contribution in [0.3, 0.4) is 0 Å². The van der Waals surface area contributed by atoms with E-state index in [1.807, 2.05) is 29.0 Å². The molecule has 0 aliphatic rings. The van der Waals surface area contributed by atoms with Crippen LogP contribution in [0.2, 0.25) is 10.0 Å². The second-order valence-electron chi connectivity index (χ2n) is 7.88. The average molecular weight is 583 g/mol. The first-order chi connectivity index (χ1) is 18.4. The number of thiophene rings is 1. The molecule has 3 amide bonds. The fraction of sp³-hybridized carbons (Fsp3) is 0.0357. The van der Waals surface area contributed by atoms with Gasteiger partial charge >= 0.3 is 0 Å². The quantitative estimate of drug-likeness (QED) is 0.144. The zero-order valence-corrected chi connectivity index (χ0v) is 22.9. The van der Waals surface area contributed by atoms with Crippen molar-refractivity contribution in [3.63, 3.8) is 0 Å². The monoisotopic (exact) mass is 581 g/mol. The molecule has 4 aromatic rings. The first-order valence-corrected chi connectivity index (χ1v) is 14.0. The first kappa shape index (κ1) is 27.5. The van der Waals surface area contributed by atoms with Crippen molar-refractivity contribution in [1.29, 1.82) is 0 Å². The third-order valence-electron chi connectivity index (χ3n) is 5.05. The van der Waals surface area contributed by atoms with Gasteiger partial charge in [0.25, 0.3) is 11.8 Å². The Bertz CT molecular complexity index is 1480. The smallest absolute Gasteiger partial charge is 0.272 e. The summed E-state index contributed by atoms with van der Waals surface area (Å²) in [6.07, 6.45) is 1.62. The predicted octanol–water partition coefficient (Wildman–Crippen LogP) is 7.20. The normalized spacial score (nSPS) is 11.1. The molecule has 0 saturated carbocycles. The van der Waals surface area contributed by atoms with Crippen LogP contribution in [0.5, 0.6) is 0 Å². The molecule has 192 valence electrons. The molecule has 3 N–H and O–H groups in total. The molecule has 0 aliphatic heterocycles. The summed E-state index contributed by atoms with van der Waals surface area (Å²) in [5, 5.41) is 12.9. The van der Waals surface area contributed by atoms with E-state index >= 15 is 0 Å². The number of nitrogens with one attached hydrogen (secondary N) is 3. The first-order valence-electron chi connectivity index (χ1n) is 11.3. The zero-order chi connectivity index (χ0) is 26.9. The number of carbonyl (C=O) groups is 3. The Labute approximate surface area is 238 Å². The lowest BCUT2D eigenvalue weighted by molar-refractivity contribution is -0.114. The van der Waals surface area contributed by atoms with Gasteiger partial charge in [-0.1, -0.05) is 47.5 Å². The molecule has 0 bridgehead atoms. The Morgan fingerprint density at radius 1 is 0.895 bits per heavy atom. The Balaban J connectivity index is 1.41. The van der Waals surface area contributed by atoms with Gasteiger partial charge < -0.3 is 16.0 Å². The molecule has 1 aromatic heterocycles. The van der Waals surface area contributed by atoms with E-state index in [0.29, 0.717) is 27.0 Å². The molecular weight excluding hydrogens is 561 g/mol. The van der Waals surface area contributed by atoms with Crippen molar-refractivity contribution in [3.05, 3.63) is 116 Å². The fourth-order valence-corrected chi connectivity index (χ4v) is 5.08. The van der Waals surface area contributed by atoms with Gasteiger partial charge in [0.15, 0.2) is 0 Å².